The first-order valence-electron chi connectivity index (χ1n) is 3.11. The van der Waals surface area contributed by atoms with Crippen molar-refractivity contribution in [2.45, 2.75) is 12.2 Å². The molecule has 0 aliphatic carbocycles. The van der Waals surface area contributed by atoms with E-state index < -0.39 is 18.1 Å². The van der Waals surface area contributed by atoms with Crippen LogP contribution in [0.2, 0.25) is 0 Å². The zero-order valence-corrected chi connectivity index (χ0v) is 5.89. The van der Waals surface area contributed by atoms with Crippen LogP contribution >= 0.6 is 0 Å². The lowest BCUT2D eigenvalue weighted by Crippen LogP contribution is -2.28. The molecule has 1 aromatic heterocycles. The van der Waals surface area contributed by atoms with Crippen LogP contribution in [0.3, 0.4) is 0 Å². The zero-order chi connectivity index (χ0) is 9.35. The highest BCUT2D eigenvalue weighted by molar-refractivity contribution is 5.29. The predicted octanol–water partition coefficient (Wildman–Crippen LogP) is 1.28. The number of aromatic hydroxyl groups is 1. The number of alkyl halides is 3. The van der Waals surface area contributed by atoms with E-state index in [1.54, 1.807) is 0 Å². The predicted molar refractivity (Wildman–Crippen MR) is 35.4 cm³/mol. The van der Waals surface area contributed by atoms with E-state index >= 15 is 0 Å². The second kappa shape index (κ2) is 2.71. The van der Waals surface area contributed by atoms with E-state index in [0.29, 0.717) is 0 Å². The maximum Gasteiger partial charge on any atom is 0.407 e. The van der Waals surface area contributed by atoms with Gasteiger partial charge >= 0.3 is 6.18 Å². The average Bonchev–Trinajstić information content (AvgIpc) is 2.31. The first-order valence-corrected chi connectivity index (χ1v) is 3.11. The number of aromatic nitrogens is 1. The number of nitrogens with two attached hydrogens (primary N) is 1. The van der Waals surface area contributed by atoms with Gasteiger partial charge in [0.05, 0.1) is 0 Å². The summed E-state index contributed by atoms with van der Waals surface area (Å²) < 4.78 is 35.8. The summed E-state index contributed by atoms with van der Waals surface area (Å²) in [5.74, 6) is -0.542. The minimum absolute atomic E-state index is 0.345. The number of halogens is 3. The van der Waals surface area contributed by atoms with Gasteiger partial charge in [-0.3, -0.25) is 0 Å². The van der Waals surface area contributed by atoms with Crippen molar-refractivity contribution in [3.63, 3.8) is 0 Å². The van der Waals surface area contributed by atoms with Gasteiger partial charge in [0.25, 0.3) is 0 Å². The number of hydrogen-bond donors (Lipinski definition) is 3. The molecule has 0 radical (unpaired) electrons. The lowest BCUT2D eigenvalue weighted by atomic mass is 10.1. The van der Waals surface area contributed by atoms with Crippen LogP contribution in [0.1, 0.15) is 11.6 Å². The Bertz CT molecular complexity index is 268. The van der Waals surface area contributed by atoms with Crippen LogP contribution in [0.25, 0.3) is 0 Å². The highest BCUT2D eigenvalue weighted by Crippen LogP contribution is 2.33. The molecule has 0 saturated carbocycles. The molecule has 68 valence electrons. The highest BCUT2D eigenvalue weighted by Gasteiger charge is 2.39. The van der Waals surface area contributed by atoms with E-state index in [1.807, 2.05) is 0 Å². The number of hydrogen-bond acceptors (Lipinski definition) is 2. The molecule has 0 saturated heterocycles. The molecule has 0 amide bonds. The summed E-state index contributed by atoms with van der Waals surface area (Å²) in [5, 5.41) is 8.85. The molecule has 0 unspecified atom stereocenters. The summed E-state index contributed by atoms with van der Waals surface area (Å²) in [4.78, 5) is 2.20. The third-order valence-corrected chi connectivity index (χ3v) is 1.44. The Kier molecular flexibility index (Phi) is 2.01. The molecule has 0 spiro atoms. The van der Waals surface area contributed by atoms with Crippen molar-refractivity contribution < 1.29 is 18.3 Å². The van der Waals surface area contributed by atoms with E-state index in [0.717, 1.165) is 6.07 Å². The van der Waals surface area contributed by atoms with E-state index in [4.69, 9.17) is 10.8 Å². The van der Waals surface area contributed by atoms with Gasteiger partial charge in [0.15, 0.2) is 5.88 Å². The highest BCUT2D eigenvalue weighted by atomic mass is 19.4. The van der Waals surface area contributed by atoms with Crippen molar-refractivity contribution in [2.24, 2.45) is 5.73 Å². The Morgan fingerprint density at radius 3 is 2.42 bits per heavy atom. The molecule has 0 aliphatic rings. The maximum atomic E-state index is 11.9. The van der Waals surface area contributed by atoms with Crippen LogP contribution in [-0.2, 0) is 0 Å². The van der Waals surface area contributed by atoms with Gasteiger partial charge in [-0.05, 0) is 6.07 Å². The summed E-state index contributed by atoms with van der Waals surface area (Å²) in [6, 6.07) is -1.04. The molecule has 0 bridgehead atoms. The summed E-state index contributed by atoms with van der Waals surface area (Å²) in [7, 11) is 0. The molecular weight excluding hydrogens is 173 g/mol. The van der Waals surface area contributed by atoms with Gasteiger partial charge in [0.1, 0.15) is 6.04 Å². The summed E-state index contributed by atoms with van der Waals surface area (Å²) >= 11 is 0. The van der Waals surface area contributed by atoms with Crippen LogP contribution in [0.15, 0.2) is 12.3 Å². The molecule has 1 rings (SSSR count). The molecule has 6 heteroatoms. The number of rotatable bonds is 1. The second-order valence-electron chi connectivity index (χ2n) is 2.30. The van der Waals surface area contributed by atoms with Crippen molar-refractivity contribution in [1.82, 2.24) is 4.98 Å². The molecule has 12 heavy (non-hydrogen) atoms. The quantitative estimate of drug-likeness (QED) is 0.609. The molecular formula is C6H7F3N2O. The molecule has 0 fully saturated rings. The fourth-order valence-electron chi connectivity index (χ4n) is 0.800. The number of aromatic amines is 1. The summed E-state index contributed by atoms with van der Waals surface area (Å²) in [6.45, 7) is 0. The van der Waals surface area contributed by atoms with Crippen LogP contribution in [0.4, 0.5) is 13.2 Å². The number of H-pyrrole nitrogens is 1. The molecule has 1 heterocycles. The monoisotopic (exact) mass is 180 g/mol. The molecule has 1 aromatic rings. The Morgan fingerprint density at radius 2 is 2.08 bits per heavy atom. The van der Waals surface area contributed by atoms with Crippen molar-refractivity contribution in [1.29, 1.82) is 0 Å². The van der Waals surface area contributed by atoms with E-state index in [-0.39, 0.29) is 5.56 Å². The van der Waals surface area contributed by atoms with Gasteiger partial charge in [0.2, 0.25) is 0 Å². The molecule has 1 atom stereocenters. The first-order chi connectivity index (χ1) is 5.43. The minimum atomic E-state index is -4.53. The summed E-state index contributed by atoms with van der Waals surface area (Å²) in [5.41, 5.74) is 4.47. The SMILES string of the molecule is N[C@H](c1cc[nH]c1O)C(F)(F)F. The average molecular weight is 180 g/mol. The standard InChI is InChI=1S/C6H7F3N2O/c7-6(8,9)4(10)3-1-2-11-5(3)12/h1-2,4,11-12H,10H2/t4-/m1/s1. The molecule has 4 N–H and O–H groups in total. The first kappa shape index (κ1) is 8.92. The van der Waals surface area contributed by atoms with E-state index in [1.165, 1.54) is 6.20 Å². The van der Waals surface area contributed by atoms with Crippen molar-refractivity contribution >= 4 is 0 Å². The van der Waals surface area contributed by atoms with E-state index in [9.17, 15) is 13.2 Å². The van der Waals surface area contributed by atoms with E-state index in [2.05, 4.69) is 4.98 Å². The van der Waals surface area contributed by atoms with Crippen LogP contribution < -0.4 is 5.73 Å². The summed E-state index contributed by atoms with van der Waals surface area (Å²) in [6.07, 6.45) is -3.34. The van der Waals surface area contributed by atoms with Gasteiger partial charge < -0.3 is 15.8 Å². The van der Waals surface area contributed by atoms with Crippen molar-refractivity contribution in [3.8, 4) is 5.88 Å². The lowest BCUT2D eigenvalue weighted by molar-refractivity contribution is -0.149. The fourth-order valence-corrected chi connectivity index (χ4v) is 0.800. The fraction of sp³-hybridized carbons (Fsp3) is 0.333. The van der Waals surface area contributed by atoms with Gasteiger partial charge in [-0.2, -0.15) is 13.2 Å². The van der Waals surface area contributed by atoms with Gasteiger partial charge in [-0.25, -0.2) is 0 Å². The van der Waals surface area contributed by atoms with Crippen molar-refractivity contribution in [2.75, 3.05) is 0 Å². The molecule has 0 aromatic carbocycles. The van der Waals surface area contributed by atoms with Crippen molar-refractivity contribution in [3.05, 3.63) is 17.8 Å². The van der Waals surface area contributed by atoms with Gasteiger partial charge in [-0.1, -0.05) is 0 Å². The number of nitrogens with one attached hydrogen (secondary N) is 1. The van der Waals surface area contributed by atoms with Crippen LogP contribution in [0.5, 0.6) is 5.88 Å². The topological polar surface area (TPSA) is 62.0 Å². The van der Waals surface area contributed by atoms with Crippen LogP contribution in [0, 0.1) is 0 Å². The normalized spacial score (nSPS) is 14.7. The third-order valence-electron chi connectivity index (χ3n) is 1.44. The Morgan fingerprint density at radius 1 is 1.50 bits per heavy atom. The Labute approximate surface area is 66.0 Å². The Balaban J connectivity index is 2.92. The third kappa shape index (κ3) is 1.53. The maximum absolute atomic E-state index is 11.9. The van der Waals surface area contributed by atoms with Crippen LogP contribution in [-0.4, -0.2) is 16.3 Å². The smallest absolute Gasteiger partial charge is 0.407 e. The van der Waals surface area contributed by atoms with Gasteiger partial charge in [0, 0.05) is 11.8 Å². The largest absolute Gasteiger partial charge is 0.494 e. The zero-order valence-electron chi connectivity index (χ0n) is 5.89. The molecule has 0 aliphatic heterocycles. The lowest BCUT2D eigenvalue weighted by Gasteiger charge is -2.13. The second-order valence-corrected chi connectivity index (χ2v) is 2.30. The molecule has 3 nitrogen and oxygen atoms in total. The minimum Gasteiger partial charge on any atom is -0.494 e. The van der Waals surface area contributed by atoms with Gasteiger partial charge in [-0.15, -0.1) is 0 Å². The Hall–Kier alpha value is -1.17.